The van der Waals surface area contributed by atoms with Crippen LogP contribution >= 0.6 is 11.3 Å². The molecule has 1 aliphatic rings. The fraction of sp³-hybridized carbons (Fsp3) is 0.316. The van der Waals surface area contributed by atoms with Crippen LogP contribution in [-0.4, -0.2) is 34.7 Å². The molecular formula is C19H22N4O3S. The van der Waals surface area contributed by atoms with Crippen LogP contribution in [0.2, 0.25) is 0 Å². The summed E-state index contributed by atoms with van der Waals surface area (Å²) in [5, 5.41) is 15.2. The zero-order valence-corrected chi connectivity index (χ0v) is 16.2. The number of nitrogens with zero attached hydrogens (tertiary/aromatic N) is 2. The van der Waals surface area contributed by atoms with Crippen molar-refractivity contribution in [3.8, 4) is 5.75 Å². The van der Waals surface area contributed by atoms with Gasteiger partial charge in [0, 0.05) is 34.3 Å². The summed E-state index contributed by atoms with van der Waals surface area (Å²) < 4.78 is 5.84. The number of thiazole rings is 1. The van der Waals surface area contributed by atoms with E-state index < -0.39 is 6.03 Å². The maximum atomic E-state index is 12.0. The van der Waals surface area contributed by atoms with Gasteiger partial charge in [-0.3, -0.25) is 5.32 Å². The Balaban J connectivity index is 1.53. The maximum Gasteiger partial charge on any atom is 0.325 e. The number of hydrogen-bond acceptors (Lipinski definition) is 6. The monoisotopic (exact) mass is 386 g/mol. The Morgan fingerprint density at radius 1 is 1.33 bits per heavy atom. The first-order chi connectivity index (χ1) is 12.8. The molecule has 27 heavy (non-hydrogen) atoms. The van der Waals surface area contributed by atoms with Gasteiger partial charge in [0.15, 0.2) is 5.13 Å². The van der Waals surface area contributed by atoms with Crippen molar-refractivity contribution in [2.45, 2.75) is 26.9 Å². The molecule has 142 valence electrons. The van der Waals surface area contributed by atoms with Crippen molar-refractivity contribution >= 4 is 40.2 Å². The van der Waals surface area contributed by atoms with E-state index in [1.165, 1.54) is 23.5 Å². The first kappa shape index (κ1) is 18.9. The van der Waals surface area contributed by atoms with Crippen LogP contribution in [0.15, 0.2) is 41.5 Å². The number of carbonyl (C=O) groups excluding carboxylic acids is 1. The number of phenolic OH excluding ortho intramolecular Hbond substituents is 1. The van der Waals surface area contributed by atoms with Gasteiger partial charge in [-0.05, 0) is 18.2 Å². The standard InChI is InChI=1S/C19H22N4O3S/c1-19(2,3)15-11-20-16(26-15)8-7-14-10-21-18(27-14)23-17(25)22-12-5-4-6-13(24)9-12/h4-10,15,24H,11H2,1-3H3,(H2,21,22,23,25)/b8-7+. The number of benzene rings is 1. The van der Waals surface area contributed by atoms with E-state index >= 15 is 0 Å². The number of aromatic hydroxyl groups is 1. The highest BCUT2D eigenvalue weighted by Gasteiger charge is 2.30. The highest BCUT2D eigenvalue weighted by molar-refractivity contribution is 7.16. The molecule has 1 aromatic heterocycles. The molecule has 1 aromatic carbocycles. The molecule has 2 aromatic rings. The fourth-order valence-corrected chi connectivity index (χ4v) is 3.07. The van der Waals surface area contributed by atoms with Crippen molar-refractivity contribution in [2.75, 3.05) is 17.2 Å². The second-order valence-electron chi connectivity index (χ2n) is 7.18. The van der Waals surface area contributed by atoms with Gasteiger partial charge in [0.2, 0.25) is 5.90 Å². The first-order valence-corrected chi connectivity index (χ1v) is 9.33. The number of nitrogens with one attached hydrogen (secondary N) is 2. The van der Waals surface area contributed by atoms with Crippen LogP contribution in [0.4, 0.5) is 15.6 Å². The number of hydrogen-bond donors (Lipinski definition) is 3. The zero-order valence-electron chi connectivity index (χ0n) is 15.4. The summed E-state index contributed by atoms with van der Waals surface area (Å²) in [4.78, 5) is 21.5. The third-order valence-electron chi connectivity index (χ3n) is 3.88. The lowest BCUT2D eigenvalue weighted by Crippen LogP contribution is -2.29. The van der Waals surface area contributed by atoms with Crippen LogP contribution in [0.25, 0.3) is 6.08 Å². The Morgan fingerprint density at radius 2 is 2.15 bits per heavy atom. The third kappa shape index (κ3) is 5.30. The van der Waals surface area contributed by atoms with Gasteiger partial charge in [0.05, 0.1) is 6.54 Å². The van der Waals surface area contributed by atoms with E-state index in [2.05, 4.69) is 41.4 Å². The highest BCUT2D eigenvalue weighted by Crippen LogP contribution is 2.27. The molecule has 3 N–H and O–H groups in total. The van der Waals surface area contributed by atoms with Crippen molar-refractivity contribution in [1.29, 1.82) is 0 Å². The fourth-order valence-electron chi connectivity index (χ4n) is 2.35. The summed E-state index contributed by atoms with van der Waals surface area (Å²) in [7, 11) is 0. The third-order valence-corrected chi connectivity index (χ3v) is 4.76. The number of urea groups is 1. The molecule has 0 saturated carbocycles. The number of ether oxygens (including phenoxy) is 1. The summed E-state index contributed by atoms with van der Waals surface area (Å²) in [5.41, 5.74) is 0.540. The quantitative estimate of drug-likeness (QED) is 0.728. The summed E-state index contributed by atoms with van der Waals surface area (Å²) >= 11 is 1.33. The number of anilines is 2. The maximum absolute atomic E-state index is 12.0. The van der Waals surface area contributed by atoms with E-state index in [0.717, 1.165) is 4.88 Å². The van der Waals surface area contributed by atoms with Crippen LogP contribution in [0.5, 0.6) is 5.75 Å². The number of aromatic nitrogens is 1. The topological polar surface area (TPSA) is 95.8 Å². The number of amides is 2. The van der Waals surface area contributed by atoms with E-state index in [0.29, 0.717) is 23.3 Å². The molecule has 0 aliphatic carbocycles. The van der Waals surface area contributed by atoms with Crippen molar-refractivity contribution in [3.63, 3.8) is 0 Å². The lowest BCUT2D eigenvalue weighted by Gasteiger charge is -2.25. The molecule has 1 aliphatic heterocycles. The minimum absolute atomic E-state index is 0.0452. The van der Waals surface area contributed by atoms with Crippen molar-refractivity contribution in [1.82, 2.24) is 4.98 Å². The predicted octanol–water partition coefficient (Wildman–Crippen LogP) is 4.35. The molecule has 0 bridgehead atoms. The van der Waals surface area contributed by atoms with Crippen LogP contribution in [0, 0.1) is 5.41 Å². The number of carbonyl (C=O) groups is 1. The second kappa shape index (κ2) is 7.79. The Kier molecular flexibility index (Phi) is 5.46. The molecule has 3 rings (SSSR count). The number of aliphatic imine (C=N–C) groups is 1. The average Bonchev–Trinajstić information content (AvgIpc) is 3.21. The molecule has 2 heterocycles. The minimum atomic E-state index is -0.429. The van der Waals surface area contributed by atoms with E-state index in [4.69, 9.17) is 4.74 Å². The molecule has 0 radical (unpaired) electrons. The van der Waals surface area contributed by atoms with Gasteiger partial charge in [-0.1, -0.05) is 38.2 Å². The Hall–Kier alpha value is -2.87. The number of rotatable bonds is 4. The largest absolute Gasteiger partial charge is 0.508 e. The molecule has 0 saturated heterocycles. The van der Waals surface area contributed by atoms with E-state index in [1.54, 1.807) is 18.3 Å². The van der Waals surface area contributed by atoms with Crippen LogP contribution < -0.4 is 10.6 Å². The molecule has 7 nitrogen and oxygen atoms in total. The highest BCUT2D eigenvalue weighted by atomic mass is 32.1. The van der Waals surface area contributed by atoms with Crippen LogP contribution in [0.1, 0.15) is 25.6 Å². The van der Waals surface area contributed by atoms with E-state index in [9.17, 15) is 9.90 Å². The van der Waals surface area contributed by atoms with Gasteiger partial charge in [0.1, 0.15) is 11.9 Å². The molecule has 1 unspecified atom stereocenters. The van der Waals surface area contributed by atoms with Gasteiger partial charge in [0.25, 0.3) is 0 Å². The smallest absolute Gasteiger partial charge is 0.325 e. The second-order valence-corrected chi connectivity index (χ2v) is 8.24. The van der Waals surface area contributed by atoms with Gasteiger partial charge in [-0.25, -0.2) is 14.8 Å². The minimum Gasteiger partial charge on any atom is -0.508 e. The molecule has 1 atom stereocenters. The van der Waals surface area contributed by atoms with Crippen molar-refractivity contribution < 1.29 is 14.6 Å². The Bertz CT molecular complexity index is 883. The Labute approximate surface area is 161 Å². The van der Waals surface area contributed by atoms with Crippen LogP contribution in [0.3, 0.4) is 0 Å². The summed E-state index contributed by atoms with van der Waals surface area (Å²) in [5.74, 6) is 0.694. The molecule has 0 spiro atoms. The molecular weight excluding hydrogens is 364 g/mol. The van der Waals surface area contributed by atoms with Gasteiger partial charge in [-0.2, -0.15) is 0 Å². The average molecular weight is 386 g/mol. The Morgan fingerprint density at radius 3 is 2.85 bits per heavy atom. The summed E-state index contributed by atoms with van der Waals surface area (Å²) in [6.07, 6.45) is 5.43. The van der Waals surface area contributed by atoms with Crippen LogP contribution in [-0.2, 0) is 4.74 Å². The summed E-state index contributed by atoms with van der Waals surface area (Å²) in [6.45, 7) is 7.04. The number of phenols is 1. The summed E-state index contributed by atoms with van der Waals surface area (Å²) in [6, 6.07) is 5.90. The van der Waals surface area contributed by atoms with E-state index in [-0.39, 0.29) is 17.3 Å². The van der Waals surface area contributed by atoms with Gasteiger partial charge in [-0.15, -0.1) is 0 Å². The SMILES string of the molecule is CC(C)(C)C1CN=C(/C=C/c2cnc(NC(=O)Nc3cccc(O)c3)s2)O1. The normalized spacial score (nSPS) is 16.9. The predicted molar refractivity (Wildman–Crippen MR) is 109 cm³/mol. The molecule has 0 fully saturated rings. The molecule has 8 heteroatoms. The zero-order chi connectivity index (χ0) is 19.4. The molecule has 2 amide bonds. The van der Waals surface area contributed by atoms with Crippen molar-refractivity contribution in [3.05, 3.63) is 41.4 Å². The lowest BCUT2D eigenvalue weighted by molar-refractivity contribution is 0.104. The van der Waals surface area contributed by atoms with Crippen molar-refractivity contribution in [2.24, 2.45) is 10.4 Å². The lowest BCUT2D eigenvalue weighted by atomic mass is 9.89. The van der Waals surface area contributed by atoms with Gasteiger partial charge < -0.3 is 15.2 Å². The first-order valence-electron chi connectivity index (χ1n) is 8.52. The van der Waals surface area contributed by atoms with Gasteiger partial charge >= 0.3 is 6.03 Å². The van der Waals surface area contributed by atoms with E-state index in [1.807, 2.05) is 12.2 Å².